The quantitative estimate of drug-likeness (QED) is 0.557. The molecule has 0 bridgehead atoms. The molecular weight excluding hydrogens is 412 g/mol. The fourth-order valence-electron chi connectivity index (χ4n) is 3.52. The number of hydrogen-bond donors (Lipinski definition) is 1. The standard InChI is InChI=1S/C25H23ClN2O3/c1-16-3-8-21(13-17(16)2)28-15-18(14-24(28)29)25(30)27-20-6-11-23(12-7-20)31-22-9-4-19(26)5-10-22/h3-13,18H,14-15H2,1-2H3,(H,27,30)/t18-/m0/s1. The SMILES string of the molecule is Cc1ccc(N2C[C@@H](C(=O)Nc3ccc(Oc4ccc(Cl)cc4)cc3)CC2=O)cc1C. The number of ether oxygens (including phenoxy) is 1. The maximum atomic E-state index is 12.7. The lowest BCUT2D eigenvalue weighted by atomic mass is 10.1. The van der Waals surface area contributed by atoms with Gasteiger partial charge in [0.05, 0.1) is 5.92 Å². The van der Waals surface area contributed by atoms with Gasteiger partial charge in [0.25, 0.3) is 0 Å². The number of nitrogens with one attached hydrogen (secondary N) is 1. The number of carbonyl (C=O) groups is 2. The first-order valence-electron chi connectivity index (χ1n) is 10.1. The van der Waals surface area contributed by atoms with Crippen LogP contribution in [0.5, 0.6) is 11.5 Å². The molecule has 1 saturated heterocycles. The van der Waals surface area contributed by atoms with Crippen molar-refractivity contribution in [2.24, 2.45) is 5.92 Å². The Balaban J connectivity index is 1.37. The monoisotopic (exact) mass is 434 g/mol. The van der Waals surface area contributed by atoms with Gasteiger partial charge in [0, 0.05) is 29.4 Å². The molecule has 6 heteroatoms. The van der Waals surface area contributed by atoms with Gasteiger partial charge in [-0.25, -0.2) is 0 Å². The highest BCUT2D eigenvalue weighted by molar-refractivity contribution is 6.30. The Kier molecular flexibility index (Phi) is 5.96. The molecule has 0 unspecified atom stereocenters. The number of carbonyl (C=O) groups excluding carboxylic acids is 2. The zero-order chi connectivity index (χ0) is 22.0. The third-order valence-corrected chi connectivity index (χ3v) is 5.72. The van der Waals surface area contributed by atoms with Gasteiger partial charge >= 0.3 is 0 Å². The Morgan fingerprint density at radius 1 is 0.968 bits per heavy atom. The molecule has 2 amide bonds. The van der Waals surface area contributed by atoms with Crippen LogP contribution in [0.25, 0.3) is 0 Å². The van der Waals surface area contributed by atoms with Crippen molar-refractivity contribution < 1.29 is 14.3 Å². The average Bonchev–Trinajstić information content (AvgIpc) is 3.15. The van der Waals surface area contributed by atoms with E-state index in [1.165, 1.54) is 5.56 Å². The molecule has 158 valence electrons. The number of nitrogens with zero attached hydrogens (tertiary/aromatic N) is 1. The minimum atomic E-state index is -0.390. The van der Waals surface area contributed by atoms with Gasteiger partial charge in [-0.05, 0) is 85.6 Å². The van der Waals surface area contributed by atoms with E-state index in [-0.39, 0.29) is 24.2 Å². The molecule has 5 nitrogen and oxygen atoms in total. The molecule has 0 saturated carbocycles. The minimum absolute atomic E-state index is 0.0323. The lowest BCUT2D eigenvalue weighted by Crippen LogP contribution is -2.28. The Bertz CT molecular complexity index is 1110. The molecule has 1 aliphatic rings. The molecule has 1 aliphatic heterocycles. The molecule has 0 radical (unpaired) electrons. The lowest BCUT2D eigenvalue weighted by molar-refractivity contribution is -0.122. The highest BCUT2D eigenvalue weighted by Crippen LogP contribution is 2.28. The first-order valence-corrected chi connectivity index (χ1v) is 10.5. The van der Waals surface area contributed by atoms with Crippen LogP contribution in [0, 0.1) is 19.8 Å². The van der Waals surface area contributed by atoms with Crippen LogP contribution >= 0.6 is 11.6 Å². The first-order chi connectivity index (χ1) is 14.9. The largest absolute Gasteiger partial charge is 0.457 e. The molecule has 31 heavy (non-hydrogen) atoms. The molecule has 0 spiro atoms. The zero-order valence-electron chi connectivity index (χ0n) is 17.4. The third kappa shape index (κ3) is 4.89. The van der Waals surface area contributed by atoms with E-state index in [0.29, 0.717) is 28.8 Å². The summed E-state index contributed by atoms with van der Waals surface area (Å²) in [5.41, 5.74) is 3.80. The van der Waals surface area contributed by atoms with Crippen molar-refractivity contribution in [1.82, 2.24) is 0 Å². The van der Waals surface area contributed by atoms with E-state index in [0.717, 1.165) is 11.3 Å². The van der Waals surface area contributed by atoms with Crippen molar-refractivity contribution in [3.8, 4) is 11.5 Å². The van der Waals surface area contributed by atoms with E-state index in [2.05, 4.69) is 5.32 Å². The number of aryl methyl sites for hydroxylation is 2. The fraction of sp³-hybridized carbons (Fsp3) is 0.200. The second kappa shape index (κ2) is 8.82. The van der Waals surface area contributed by atoms with Gasteiger partial charge in [0.2, 0.25) is 11.8 Å². The smallest absolute Gasteiger partial charge is 0.229 e. The van der Waals surface area contributed by atoms with Crippen LogP contribution in [0.2, 0.25) is 5.02 Å². The summed E-state index contributed by atoms with van der Waals surface area (Å²) in [6.45, 7) is 4.43. The molecule has 1 N–H and O–H groups in total. The first kappa shape index (κ1) is 20.9. The van der Waals surface area contributed by atoms with Gasteiger partial charge in [0.1, 0.15) is 11.5 Å². The average molecular weight is 435 g/mol. The molecule has 0 aliphatic carbocycles. The maximum Gasteiger partial charge on any atom is 0.229 e. The molecule has 3 aromatic rings. The van der Waals surface area contributed by atoms with E-state index in [4.69, 9.17) is 16.3 Å². The minimum Gasteiger partial charge on any atom is -0.457 e. The maximum absolute atomic E-state index is 12.7. The highest BCUT2D eigenvalue weighted by Gasteiger charge is 2.35. The van der Waals surface area contributed by atoms with Crippen molar-refractivity contribution in [3.63, 3.8) is 0 Å². The van der Waals surface area contributed by atoms with Crippen molar-refractivity contribution in [1.29, 1.82) is 0 Å². The molecule has 1 fully saturated rings. The van der Waals surface area contributed by atoms with Crippen molar-refractivity contribution in [2.45, 2.75) is 20.3 Å². The van der Waals surface area contributed by atoms with Crippen molar-refractivity contribution >= 4 is 34.8 Å². The van der Waals surface area contributed by atoms with Crippen LogP contribution in [0.3, 0.4) is 0 Å². The number of hydrogen-bond acceptors (Lipinski definition) is 3. The van der Waals surface area contributed by atoms with Crippen LogP contribution in [0.1, 0.15) is 17.5 Å². The molecular formula is C25H23ClN2O3. The predicted octanol–water partition coefficient (Wildman–Crippen LogP) is 5.74. The summed E-state index contributed by atoms with van der Waals surface area (Å²) in [6, 6.07) is 20.1. The van der Waals surface area contributed by atoms with E-state index in [1.54, 1.807) is 53.4 Å². The molecule has 0 aromatic heterocycles. The summed E-state index contributed by atoms with van der Waals surface area (Å²) in [5, 5.41) is 3.55. The van der Waals surface area contributed by atoms with Crippen LogP contribution in [-0.2, 0) is 9.59 Å². The van der Waals surface area contributed by atoms with Crippen molar-refractivity contribution in [3.05, 3.63) is 82.9 Å². The van der Waals surface area contributed by atoms with Gasteiger partial charge < -0.3 is 15.0 Å². The molecule has 3 aromatic carbocycles. The summed E-state index contributed by atoms with van der Waals surface area (Å²) in [4.78, 5) is 26.9. The highest BCUT2D eigenvalue weighted by atomic mass is 35.5. The fourth-order valence-corrected chi connectivity index (χ4v) is 3.64. The molecule has 1 heterocycles. The van der Waals surface area contributed by atoms with Gasteiger partial charge in [-0.3, -0.25) is 9.59 Å². The number of halogens is 1. The van der Waals surface area contributed by atoms with Crippen LogP contribution < -0.4 is 15.0 Å². The predicted molar refractivity (Wildman–Crippen MR) is 123 cm³/mol. The van der Waals surface area contributed by atoms with E-state index in [1.807, 2.05) is 32.0 Å². The Hall–Kier alpha value is -3.31. The summed E-state index contributed by atoms with van der Waals surface area (Å²) in [6.07, 6.45) is 0.205. The lowest BCUT2D eigenvalue weighted by Gasteiger charge is -2.18. The normalized spacial score (nSPS) is 15.8. The third-order valence-electron chi connectivity index (χ3n) is 5.47. The Morgan fingerprint density at radius 2 is 1.61 bits per heavy atom. The van der Waals surface area contributed by atoms with Crippen LogP contribution in [-0.4, -0.2) is 18.4 Å². The van der Waals surface area contributed by atoms with E-state index in [9.17, 15) is 9.59 Å². The summed E-state index contributed by atoms with van der Waals surface area (Å²) in [7, 11) is 0. The van der Waals surface area contributed by atoms with Crippen LogP contribution in [0.15, 0.2) is 66.7 Å². The van der Waals surface area contributed by atoms with Crippen LogP contribution in [0.4, 0.5) is 11.4 Å². The zero-order valence-corrected chi connectivity index (χ0v) is 18.1. The topological polar surface area (TPSA) is 58.6 Å². The summed E-state index contributed by atoms with van der Waals surface area (Å²) >= 11 is 5.88. The Morgan fingerprint density at radius 3 is 2.26 bits per heavy atom. The Labute approximate surface area is 186 Å². The second-order valence-corrected chi connectivity index (χ2v) is 8.18. The van der Waals surface area contributed by atoms with E-state index >= 15 is 0 Å². The number of amides is 2. The van der Waals surface area contributed by atoms with Gasteiger partial charge in [-0.2, -0.15) is 0 Å². The second-order valence-electron chi connectivity index (χ2n) is 7.74. The molecule has 1 atom stereocenters. The molecule has 4 rings (SSSR count). The summed E-state index contributed by atoms with van der Waals surface area (Å²) in [5.74, 6) is 0.745. The van der Waals surface area contributed by atoms with Gasteiger partial charge in [0.15, 0.2) is 0 Å². The number of rotatable bonds is 5. The van der Waals surface area contributed by atoms with Gasteiger partial charge in [-0.15, -0.1) is 0 Å². The number of benzene rings is 3. The summed E-state index contributed by atoms with van der Waals surface area (Å²) < 4.78 is 5.77. The van der Waals surface area contributed by atoms with Gasteiger partial charge in [-0.1, -0.05) is 17.7 Å². The van der Waals surface area contributed by atoms with E-state index < -0.39 is 0 Å². The number of anilines is 2. The van der Waals surface area contributed by atoms with Crippen molar-refractivity contribution in [2.75, 3.05) is 16.8 Å².